The monoisotopic (exact) mass is 301 g/mol. The van der Waals surface area contributed by atoms with Crippen LogP contribution in [0.25, 0.3) is 10.9 Å². The first kappa shape index (κ1) is 14.7. The molecule has 0 spiro atoms. The lowest BCUT2D eigenvalue weighted by molar-refractivity contribution is -0.138. The Balaban J connectivity index is 1.68. The minimum atomic E-state index is -0.159. The van der Waals surface area contributed by atoms with Crippen molar-refractivity contribution in [2.24, 2.45) is 0 Å². The van der Waals surface area contributed by atoms with E-state index >= 15 is 0 Å². The van der Waals surface area contributed by atoms with E-state index in [1.165, 1.54) is 0 Å². The van der Waals surface area contributed by atoms with Crippen LogP contribution in [0.15, 0.2) is 29.1 Å². The second kappa shape index (κ2) is 6.27. The molecule has 2 aromatic rings. The quantitative estimate of drug-likeness (QED) is 0.921. The summed E-state index contributed by atoms with van der Waals surface area (Å²) in [4.78, 5) is 33.2. The number of nitrogens with zero attached hydrogens (tertiary/aromatic N) is 2. The van der Waals surface area contributed by atoms with E-state index in [-0.39, 0.29) is 17.6 Å². The van der Waals surface area contributed by atoms with Crippen LogP contribution < -0.4 is 5.56 Å². The molecule has 1 saturated heterocycles. The van der Waals surface area contributed by atoms with Gasteiger partial charge < -0.3 is 14.6 Å². The van der Waals surface area contributed by atoms with Crippen LogP contribution in [0.2, 0.25) is 0 Å². The second-order valence-electron chi connectivity index (χ2n) is 5.55. The van der Waals surface area contributed by atoms with Crippen molar-refractivity contribution < 1.29 is 9.53 Å². The summed E-state index contributed by atoms with van der Waals surface area (Å²) in [7, 11) is 0. The molecule has 0 saturated carbocycles. The smallest absolute Gasteiger partial charge is 0.258 e. The summed E-state index contributed by atoms with van der Waals surface area (Å²) in [6.07, 6.45) is 0.856. The highest BCUT2D eigenvalue weighted by atomic mass is 16.5. The molecular weight excluding hydrogens is 282 g/mol. The molecule has 3 rings (SSSR count). The van der Waals surface area contributed by atoms with Crippen molar-refractivity contribution >= 4 is 16.8 Å². The van der Waals surface area contributed by atoms with Gasteiger partial charge in [-0.05, 0) is 19.1 Å². The number of para-hydroxylation sites is 1. The number of carbonyl (C=O) groups excluding carboxylic acids is 1. The fraction of sp³-hybridized carbons (Fsp3) is 0.438. The van der Waals surface area contributed by atoms with Crippen LogP contribution in [-0.4, -0.2) is 46.6 Å². The van der Waals surface area contributed by atoms with Gasteiger partial charge in [0, 0.05) is 25.9 Å². The topological polar surface area (TPSA) is 75.3 Å². The number of aromatic nitrogens is 2. The number of hydrogen-bond acceptors (Lipinski definition) is 4. The first-order valence-electron chi connectivity index (χ1n) is 7.51. The normalized spacial score (nSPS) is 18.6. The molecule has 0 aliphatic carbocycles. The lowest BCUT2D eigenvalue weighted by Gasteiger charge is -2.31. The third-order valence-electron chi connectivity index (χ3n) is 3.83. The van der Waals surface area contributed by atoms with Crippen molar-refractivity contribution in [3.8, 4) is 0 Å². The number of nitrogens with one attached hydrogen (secondary N) is 1. The van der Waals surface area contributed by atoms with Gasteiger partial charge in [0.05, 0.1) is 23.6 Å². The highest BCUT2D eigenvalue weighted by molar-refractivity contribution is 5.78. The molecule has 1 N–H and O–H groups in total. The second-order valence-corrected chi connectivity index (χ2v) is 5.55. The van der Waals surface area contributed by atoms with E-state index in [1.54, 1.807) is 12.1 Å². The van der Waals surface area contributed by atoms with Gasteiger partial charge in [-0.15, -0.1) is 0 Å². The average Bonchev–Trinajstić information content (AvgIpc) is 2.53. The van der Waals surface area contributed by atoms with Crippen LogP contribution in [0.5, 0.6) is 0 Å². The zero-order valence-corrected chi connectivity index (χ0v) is 12.5. The molecule has 116 valence electrons. The molecule has 1 unspecified atom stereocenters. The van der Waals surface area contributed by atoms with Crippen LogP contribution in [0.3, 0.4) is 0 Å². The van der Waals surface area contributed by atoms with Gasteiger partial charge >= 0.3 is 0 Å². The van der Waals surface area contributed by atoms with Gasteiger partial charge in [0.15, 0.2) is 0 Å². The van der Waals surface area contributed by atoms with Crippen molar-refractivity contribution in [1.82, 2.24) is 14.9 Å². The summed E-state index contributed by atoms with van der Waals surface area (Å²) in [6.45, 7) is 3.80. The Bertz CT molecular complexity index is 741. The predicted molar refractivity (Wildman–Crippen MR) is 82.7 cm³/mol. The molecule has 1 atom stereocenters. The molecule has 2 heterocycles. The first-order chi connectivity index (χ1) is 10.6. The van der Waals surface area contributed by atoms with E-state index in [2.05, 4.69) is 9.97 Å². The van der Waals surface area contributed by atoms with Gasteiger partial charge in [-0.1, -0.05) is 12.1 Å². The van der Waals surface area contributed by atoms with E-state index in [1.807, 2.05) is 24.0 Å². The van der Waals surface area contributed by atoms with Crippen LogP contribution in [0, 0.1) is 0 Å². The van der Waals surface area contributed by atoms with Gasteiger partial charge in [0.2, 0.25) is 5.91 Å². The van der Waals surface area contributed by atoms with Crippen LogP contribution in [-0.2, 0) is 16.0 Å². The van der Waals surface area contributed by atoms with E-state index in [0.29, 0.717) is 49.3 Å². The fourth-order valence-electron chi connectivity index (χ4n) is 2.68. The number of carbonyl (C=O) groups is 1. The molecule has 1 fully saturated rings. The fourth-order valence-corrected chi connectivity index (χ4v) is 2.68. The number of fused-ring (bicyclic) bond motifs is 1. The Labute approximate surface area is 128 Å². The number of rotatable bonds is 3. The minimum Gasteiger partial charge on any atom is -0.375 e. The molecule has 1 aliphatic heterocycles. The van der Waals surface area contributed by atoms with Gasteiger partial charge in [0.25, 0.3) is 5.56 Å². The number of ether oxygens (including phenoxy) is 1. The third kappa shape index (κ3) is 3.17. The number of morpholine rings is 1. The van der Waals surface area contributed by atoms with E-state index in [0.717, 1.165) is 0 Å². The largest absolute Gasteiger partial charge is 0.375 e. The Morgan fingerprint density at radius 1 is 1.45 bits per heavy atom. The molecular formula is C16H19N3O3. The maximum Gasteiger partial charge on any atom is 0.258 e. The number of aromatic amines is 1. The first-order valence-corrected chi connectivity index (χ1v) is 7.51. The molecule has 1 aliphatic rings. The molecule has 0 radical (unpaired) electrons. The summed E-state index contributed by atoms with van der Waals surface area (Å²) in [5.74, 6) is 0.629. The van der Waals surface area contributed by atoms with Gasteiger partial charge in [-0.25, -0.2) is 4.98 Å². The Morgan fingerprint density at radius 3 is 3.09 bits per heavy atom. The summed E-state index contributed by atoms with van der Waals surface area (Å²) < 4.78 is 5.43. The van der Waals surface area contributed by atoms with Crippen LogP contribution in [0.1, 0.15) is 19.2 Å². The zero-order valence-electron chi connectivity index (χ0n) is 12.5. The Hall–Kier alpha value is -2.21. The van der Waals surface area contributed by atoms with Gasteiger partial charge in [-0.2, -0.15) is 0 Å². The SMILES string of the molecule is CC1CN(C(=O)CCc2nc3ccccc3c(=O)[nH]2)CCO1. The molecule has 1 aromatic carbocycles. The van der Waals surface area contributed by atoms with Crippen molar-refractivity contribution in [3.05, 3.63) is 40.4 Å². The van der Waals surface area contributed by atoms with Crippen molar-refractivity contribution in [3.63, 3.8) is 0 Å². The van der Waals surface area contributed by atoms with Crippen LogP contribution in [0.4, 0.5) is 0 Å². The molecule has 1 amide bonds. The maximum atomic E-state index is 12.2. The Kier molecular flexibility index (Phi) is 4.20. The van der Waals surface area contributed by atoms with Crippen molar-refractivity contribution in [2.75, 3.05) is 19.7 Å². The number of amides is 1. The molecule has 6 nitrogen and oxygen atoms in total. The molecule has 0 bridgehead atoms. The minimum absolute atomic E-state index is 0.0750. The van der Waals surface area contributed by atoms with Crippen molar-refractivity contribution in [1.29, 1.82) is 0 Å². The summed E-state index contributed by atoms with van der Waals surface area (Å²) in [5, 5.41) is 0.569. The van der Waals surface area contributed by atoms with E-state index in [4.69, 9.17) is 4.74 Å². The van der Waals surface area contributed by atoms with Crippen LogP contribution >= 0.6 is 0 Å². The Morgan fingerprint density at radius 2 is 2.27 bits per heavy atom. The van der Waals surface area contributed by atoms with Gasteiger partial charge in [-0.3, -0.25) is 9.59 Å². The van der Waals surface area contributed by atoms with Crippen molar-refractivity contribution in [2.45, 2.75) is 25.9 Å². The number of aryl methyl sites for hydroxylation is 1. The van der Waals surface area contributed by atoms with Gasteiger partial charge in [0.1, 0.15) is 5.82 Å². The zero-order chi connectivity index (χ0) is 15.5. The average molecular weight is 301 g/mol. The number of H-pyrrole nitrogens is 1. The van der Waals surface area contributed by atoms with E-state index < -0.39 is 0 Å². The number of benzene rings is 1. The standard InChI is InChI=1S/C16H19N3O3/c1-11-10-19(8-9-22-11)15(20)7-6-14-17-13-5-3-2-4-12(13)16(21)18-14/h2-5,11H,6-10H2,1H3,(H,17,18,21). The predicted octanol–water partition coefficient (Wildman–Crippen LogP) is 1.10. The lowest BCUT2D eigenvalue weighted by atomic mass is 10.2. The summed E-state index contributed by atoms with van der Waals surface area (Å²) in [5.41, 5.74) is 0.502. The molecule has 1 aromatic heterocycles. The maximum absolute atomic E-state index is 12.2. The highest BCUT2D eigenvalue weighted by Gasteiger charge is 2.21. The molecule has 22 heavy (non-hydrogen) atoms. The molecule has 6 heteroatoms. The highest BCUT2D eigenvalue weighted by Crippen LogP contribution is 2.09. The number of hydrogen-bond donors (Lipinski definition) is 1. The summed E-state index contributed by atoms with van der Waals surface area (Å²) >= 11 is 0. The third-order valence-corrected chi connectivity index (χ3v) is 3.83. The summed E-state index contributed by atoms with van der Waals surface area (Å²) in [6, 6.07) is 7.20. The lowest BCUT2D eigenvalue weighted by Crippen LogP contribution is -2.44. The van der Waals surface area contributed by atoms with E-state index in [9.17, 15) is 9.59 Å².